The summed E-state index contributed by atoms with van der Waals surface area (Å²) in [7, 11) is 1.64. The van der Waals surface area contributed by atoms with Gasteiger partial charge in [0.25, 0.3) is 0 Å². The summed E-state index contributed by atoms with van der Waals surface area (Å²) in [4.78, 5) is 14.6. The lowest BCUT2D eigenvalue weighted by Gasteiger charge is -2.32. The summed E-state index contributed by atoms with van der Waals surface area (Å²) in [6.45, 7) is 7.50. The van der Waals surface area contributed by atoms with Gasteiger partial charge in [0.15, 0.2) is 11.5 Å². The van der Waals surface area contributed by atoms with Crippen molar-refractivity contribution in [2.24, 2.45) is 5.92 Å². The molecule has 1 saturated heterocycles. The Kier molecular flexibility index (Phi) is 7.52. The Morgan fingerprint density at radius 2 is 2.12 bits per heavy atom. The van der Waals surface area contributed by atoms with Gasteiger partial charge in [-0.2, -0.15) is 0 Å². The number of carbonyl (C=O) groups is 1. The molecule has 1 aromatic rings. The van der Waals surface area contributed by atoms with Crippen molar-refractivity contribution in [1.29, 1.82) is 0 Å². The highest BCUT2D eigenvalue weighted by molar-refractivity contribution is 5.79. The Labute approximate surface area is 150 Å². The van der Waals surface area contributed by atoms with Gasteiger partial charge in [-0.15, -0.1) is 0 Å². The van der Waals surface area contributed by atoms with Crippen LogP contribution in [0, 0.1) is 5.92 Å². The number of nitrogens with one attached hydrogen (secondary N) is 1. The van der Waals surface area contributed by atoms with Gasteiger partial charge in [-0.05, 0) is 57.5 Å². The maximum Gasteiger partial charge on any atom is 0.223 e. The minimum Gasteiger partial charge on any atom is -0.504 e. The van der Waals surface area contributed by atoms with Gasteiger partial charge in [-0.25, -0.2) is 0 Å². The van der Waals surface area contributed by atoms with Crippen molar-refractivity contribution in [3.8, 4) is 11.5 Å². The second-order valence-corrected chi connectivity index (χ2v) is 6.65. The van der Waals surface area contributed by atoms with Gasteiger partial charge in [-0.3, -0.25) is 9.69 Å². The Hall–Kier alpha value is -1.79. The van der Waals surface area contributed by atoms with Crippen LogP contribution in [0.3, 0.4) is 0 Å². The molecule has 0 bridgehead atoms. The summed E-state index contributed by atoms with van der Waals surface area (Å²) < 4.78 is 10.5. The molecule has 0 spiro atoms. The number of nitrogens with zero attached hydrogens (tertiary/aromatic N) is 1. The molecule has 25 heavy (non-hydrogen) atoms. The van der Waals surface area contributed by atoms with E-state index in [1.54, 1.807) is 13.2 Å². The molecular formula is C19H30N2O4. The summed E-state index contributed by atoms with van der Waals surface area (Å²) in [6, 6.07) is 5.54. The summed E-state index contributed by atoms with van der Waals surface area (Å²) in [5, 5.41) is 12.8. The molecule has 1 aliphatic rings. The van der Waals surface area contributed by atoms with Crippen molar-refractivity contribution in [2.75, 3.05) is 33.4 Å². The lowest BCUT2D eigenvalue weighted by Crippen LogP contribution is -2.44. The average molecular weight is 350 g/mol. The fourth-order valence-corrected chi connectivity index (χ4v) is 3.19. The summed E-state index contributed by atoms with van der Waals surface area (Å²) in [5.41, 5.74) is 1.11. The predicted octanol–water partition coefficient (Wildman–Crippen LogP) is 2.15. The SMILES string of the molecule is CCOc1cc(CN2CCC(C(=O)NC(C)COC)CC2)ccc1O. The lowest BCUT2D eigenvalue weighted by molar-refractivity contribution is -0.127. The van der Waals surface area contributed by atoms with E-state index in [-0.39, 0.29) is 23.6 Å². The molecule has 2 rings (SSSR count). The molecule has 0 aliphatic carbocycles. The molecule has 140 valence electrons. The highest BCUT2D eigenvalue weighted by Gasteiger charge is 2.25. The molecule has 6 nitrogen and oxygen atoms in total. The lowest BCUT2D eigenvalue weighted by atomic mass is 9.95. The van der Waals surface area contributed by atoms with Gasteiger partial charge >= 0.3 is 0 Å². The summed E-state index contributed by atoms with van der Waals surface area (Å²) in [6.07, 6.45) is 1.73. The third-order valence-corrected chi connectivity index (χ3v) is 4.49. The highest BCUT2D eigenvalue weighted by Crippen LogP contribution is 2.28. The average Bonchev–Trinajstić information content (AvgIpc) is 2.59. The van der Waals surface area contributed by atoms with Crippen LogP contribution in [-0.2, 0) is 16.1 Å². The summed E-state index contributed by atoms with van der Waals surface area (Å²) >= 11 is 0. The molecule has 1 amide bonds. The van der Waals surface area contributed by atoms with E-state index in [2.05, 4.69) is 10.2 Å². The fraction of sp³-hybridized carbons (Fsp3) is 0.632. The van der Waals surface area contributed by atoms with Crippen molar-refractivity contribution in [1.82, 2.24) is 10.2 Å². The van der Waals surface area contributed by atoms with Crippen LogP contribution >= 0.6 is 0 Å². The van der Waals surface area contributed by atoms with Crippen molar-refractivity contribution >= 4 is 5.91 Å². The number of benzene rings is 1. The topological polar surface area (TPSA) is 71.0 Å². The molecule has 0 radical (unpaired) electrons. The number of methoxy groups -OCH3 is 1. The Morgan fingerprint density at radius 3 is 2.76 bits per heavy atom. The monoisotopic (exact) mass is 350 g/mol. The number of hydrogen-bond donors (Lipinski definition) is 2. The quantitative estimate of drug-likeness (QED) is 0.752. The number of carbonyl (C=O) groups excluding carboxylic acids is 1. The Morgan fingerprint density at radius 1 is 1.40 bits per heavy atom. The van der Waals surface area contributed by atoms with Crippen LogP contribution in [0.5, 0.6) is 11.5 Å². The third-order valence-electron chi connectivity index (χ3n) is 4.49. The van der Waals surface area contributed by atoms with Crippen LogP contribution in [-0.4, -0.2) is 55.4 Å². The van der Waals surface area contributed by atoms with E-state index in [4.69, 9.17) is 9.47 Å². The van der Waals surface area contributed by atoms with Crippen molar-refractivity contribution < 1.29 is 19.4 Å². The van der Waals surface area contributed by atoms with E-state index in [1.807, 2.05) is 26.0 Å². The molecular weight excluding hydrogens is 320 g/mol. The first-order valence-electron chi connectivity index (χ1n) is 8.99. The second-order valence-electron chi connectivity index (χ2n) is 6.65. The molecule has 1 aliphatic heterocycles. The molecule has 6 heteroatoms. The zero-order valence-corrected chi connectivity index (χ0v) is 15.5. The van der Waals surface area contributed by atoms with Gasteiger partial charge < -0.3 is 19.9 Å². The van der Waals surface area contributed by atoms with E-state index in [0.717, 1.165) is 38.0 Å². The van der Waals surface area contributed by atoms with Crippen LogP contribution < -0.4 is 10.1 Å². The van der Waals surface area contributed by atoms with E-state index in [1.165, 1.54) is 0 Å². The van der Waals surface area contributed by atoms with Crippen LogP contribution in [0.1, 0.15) is 32.3 Å². The van der Waals surface area contributed by atoms with E-state index in [9.17, 15) is 9.90 Å². The van der Waals surface area contributed by atoms with Crippen molar-refractivity contribution in [3.05, 3.63) is 23.8 Å². The molecule has 1 aromatic carbocycles. The number of likely N-dealkylation sites (tertiary alicyclic amines) is 1. The third kappa shape index (κ3) is 5.90. The minimum absolute atomic E-state index is 0.0458. The number of ether oxygens (including phenoxy) is 2. The van der Waals surface area contributed by atoms with Crippen molar-refractivity contribution in [2.45, 2.75) is 39.3 Å². The molecule has 1 atom stereocenters. The van der Waals surface area contributed by atoms with Crippen LogP contribution in [0.25, 0.3) is 0 Å². The maximum atomic E-state index is 12.3. The molecule has 1 fully saturated rings. The zero-order chi connectivity index (χ0) is 18.2. The number of hydrogen-bond acceptors (Lipinski definition) is 5. The van der Waals surface area contributed by atoms with Gasteiger partial charge in [0.2, 0.25) is 5.91 Å². The molecule has 1 heterocycles. The highest BCUT2D eigenvalue weighted by atomic mass is 16.5. The number of phenols is 1. The molecule has 0 saturated carbocycles. The van der Waals surface area contributed by atoms with Gasteiger partial charge in [0.1, 0.15) is 0 Å². The molecule has 0 aromatic heterocycles. The van der Waals surface area contributed by atoms with Gasteiger partial charge in [0, 0.05) is 25.6 Å². The first-order valence-corrected chi connectivity index (χ1v) is 8.99. The largest absolute Gasteiger partial charge is 0.504 e. The predicted molar refractivity (Wildman–Crippen MR) is 96.8 cm³/mol. The Balaban J connectivity index is 1.82. The number of amides is 1. The number of aromatic hydroxyl groups is 1. The van der Waals surface area contributed by atoms with E-state index >= 15 is 0 Å². The van der Waals surface area contributed by atoms with Gasteiger partial charge in [0.05, 0.1) is 13.2 Å². The van der Waals surface area contributed by atoms with E-state index < -0.39 is 0 Å². The first-order chi connectivity index (χ1) is 12.0. The molecule has 1 unspecified atom stereocenters. The standard InChI is InChI=1S/C19H30N2O4/c1-4-25-18-11-15(5-6-17(18)22)12-21-9-7-16(8-10-21)19(23)20-14(2)13-24-3/h5-6,11,14,16,22H,4,7-10,12-13H2,1-3H3,(H,20,23). The first kappa shape index (κ1) is 19.5. The van der Waals surface area contributed by atoms with Crippen molar-refractivity contribution in [3.63, 3.8) is 0 Å². The fourth-order valence-electron chi connectivity index (χ4n) is 3.19. The van der Waals surface area contributed by atoms with E-state index in [0.29, 0.717) is 19.0 Å². The number of rotatable bonds is 8. The maximum absolute atomic E-state index is 12.3. The Bertz CT molecular complexity index is 556. The van der Waals surface area contributed by atoms with Crippen LogP contribution in [0.15, 0.2) is 18.2 Å². The normalized spacial score (nSPS) is 17.2. The summed E-state index contributed by atoms with van der Waals surface area (Å²) in [5.74, 6) is 0.911. The van der Waals surface area contributed by atoms with Gasteiger partial charge in [-0.1, -0.05) is 6.07 Å². The number of phenolic OH excluding ortho intramolecular Hbond substituents is 1. The minimum atomic E-state index is 0.0458. The van der Waals surface area contributed by atoms with Crippen LogP contribution in [0.4, 0.5) is 0 Å². The smallest absolute Gasteiger partial charge is 0.223 e. The second kappa shape index (κ2) is 9.63. The van der Waals surface area contributed by atoms with Crippen LogP contribution in [0.2, 0.25) is 0 Å². The number of piperidine rings is 1. The molecule has 2 N–H and O–H groups in total. The zero-order valence-electron chi connectivity index (χ0n) is 15.5.